The van der Waals surface area contributed by atoms with Crippen molar-refractivity contribution in [3.8, 4) is 0 Å². The largest absolute Gasteiger partial charge is 0.329 e. The quantitative estimate of drug-likeness (QED) is 0.307. The summed E-state index contributed by atoms with van der Waals surface area (Å²) in [7, 11) is 0. The van der Waals surface area contributed by atoms with Gasteiger partial charge in [-0.05, 0) is 5.41 Å². The third-order valence-corrected chi connectivity index (χ3v) is 3.52. The molecule has 0 bridgehead atoms. The molecule has 122 valence electrons. The van der Waals surface area contributed by atoms with E-state index in [1.165, 1.54) is 64.2 Å². The van der Waals surface area contributed by atoms with E-state index in [9.17, 15) is 0 Å². The molecule has 0 saturated heterocycles. The van der Waals surface area contributed by atoms with Gasteiger partial charge in [-0.15, -0.1) is 41.0 Å². The SMILES string of the molecule is C[Si](C)=[Hf+2].Cc1cc2c(C(C)(C)C)cccc2[cH-]1.[CH-]1CCC1.[Si]. The first-order valence-electron chi connectivity index (χ1n) is 8.22. The van der Waals surface area contributed by atoms with Crippen LogP contribution in [-0.4, -0.2) is 16.5 Å². The fourth-order valence-corrected chi connectivity index (χ4v) is 2.24. The van der Waals surface area contributed by atoms with Crippen molar-refractivity contribution >= 4 is 27.2 Å². The molecule has 3 heteroatoms. The van der Waals surface area contributed by atoms with Crippen LogP contribution in [0.1, 0.15) is 51.2 Å². The zero-order valence-electron chi connectivity index (χ0n) is 15.6. The molecule has 0 heterocycles. The summed E-state index contributed by atoms with van der Waals surface area (Å²) in [4.78, 5) is 0. The molecule has 0 aromatic heterocycles. The van der Waals surface area contributed by atoms with Gasteiger partial charge >= 0.3 is 41.6 Å². The van der Waals surface area contributed by atoms with Gasteiger partial charge in [0.1, 0.15) is 0 Å². The number of hydrogen-bond donors (Lipinski definition) is 0. The Morgan fingerprint density at radius 3 is 2.00 bits per heavy atom. The Labute approximate surface area is 163 Å². The van der Waals surface area contributed by atoms with Crippen molar-refractivity contribution < 1.29 is 23.0 Å². The van der Waals surface area contributed by atoms with Crippen LogP contribution in [0.4, 0.5) is 0 Å². The molecule has 0 atom stereocenters. The van der Waals surface area contributed by atoms with Crippen LogP contribution in [0.25, 0.3) is 10.8 Å². The fourth-order valence-electron chi connectivity index (χ4n) is 2.24. The molecule has 0 nitrogen and oxygen atoms in total. The van der Waals surface area contributed by atoms with Gasteiger partial charge in [-0.3, -0.25) is 0 Å². The molecule has 0 aliphatic heterocycles. The molecule has 2 aromatic carbocycles. The molecule has 2 aromatic rings. The van der Waals surface area contributed by atoms with Crippen LogP contribution < -0.4 is 0 Å². The van der Waals surface area contributed by atoms with Crippen LogP contribution in [-0.2, 0) is 28.4 Å². The van der Waals surface area contributed by atoms with E-state index in [-0.39, 0.29) is 21.9 Å². The average molecular weight is 505 g/mol. The zero-order valence-corrected chi connectivity index (χ0v) is 21.2. The van der Waals surface area contributed by atoms with Gasteiger partial charge in [-0.1, -0.05) is 39.3 Å². The van der Waals surface area contributed by atoms with Gasteiger partial charge < -0.3 is 6.42 Å². The molecule has 23 heavy (non-hydrogen) atoms. The Morgan fingerprint density at radius 1 is 1.13 bits per heavy atom. The Bertz CT molecular complexity index is 594. The van der Waals surface area contributed by atoms with Crippen molar-refractivity contribution in [1.29, 1.82) is 0 Å². The molecule has 0 N–H and O–H groups in total. The van der Waals surface area contributed by atoms with E-state index >= 15 is 0 Å². The molecular formula is C20H30HfSi2. The number of rotatable bonds is 0. The third-order valence-electron chi connectivity index (χ3n) is 3.52. The van der Waals surface area contributed by atoms with Gasteiger partial charge in [0.2, 0.25) is 0 Å². The van der Waals surface area contributed by atoms with Crippen LogP contribution >= 0.6 is 0 Å². The summed E-state index contributed by atoms with van der Waals surface area (Å²) in [5.41, 5.74) is 3.30. The summed E-state index contributed by atoms with van der Waals surface area (Å²) in [6.07, 6.45) is 6.50. The molecule has 1 fully saturated rings. The van der Waals surface area contributed by atoms with Crippen molar-refractivity contribution in [3.05, 3.63) is 47.9 Å². The van der Waals surface area contributed by atoms with E-state index in [1.54, 1.807) is 0 Å². The summed E-state index contributed by atoms with van der Waals surface area (Å²) in [5.74, 6) is 0. The Balaban J connectivity index is 0.000000448. The van der Waals surface area contributed by atoms with Crippen LogP contribution in [0.2, 0.25) is 13.1 Å². The monoisotopic (exact) mass is 506 g/mol. The van der Waals surface area contributed by atoms with Gasteiger partial charge in [0.25, 0.3) is 0 Å². The molecule has 0 spiro atoms. The Morgan fingerprint density at radius 2 is 1.61 bits per heavy atom. The summed E-state index contributed by atoms with van der Waals surface area (Å²) >= 11 is 1.45. The topological polar surface area (TPSA) is 0 Å². The average Bonchev–Trinajstić information content (AvgIpc) is 2.63. The second kappa shape index (κ2) is 10.9. The number of hydrogen-bond acceptors (Lipinski definition) is 0. The second-order valence-electron chi connectivity index (χ2n) is 7.31. The molecule has 1 aliphatic rings. The van der Waals surface area contributed by atoms with E-state index in [1.807, 2.05) is 0 Å². The third kappa shape index (κ3) is 8.69. The molecule has 4 radical (unpaired) electrons. The Hall–Kier alpha value is 0.134. The van der Waals surface area contributed by atoms with Crippen LogP contribution in [0.3, 0.4) is 0 Å². The summed E-state index contributed by atoms with van der Waals surface area (Å²) in [6.45, 7) is 13.6. The van der Waals surface area contributed by atoms with E-state index in [2.05, 4.69) is 77.5 Å². The van der Waals surface area contributed by atoms with Gasteiger partial charge in [0, 0.05) is 11.0 Å². The van der Waals surface area contributed by atoms with Crippen LogP contribution in [0.5, 0.6) is 0 Å². The summed E-state index contributed by atoms with van der Waals surface area (Å²) < 4.78 is 0. The molecular weight excluding hydrogens is 475 g/mol. The van der Waals surface area contributed by atoms with E-state index in [0.29, 0.717) is 0 Å². The van der Waals surface area contributed by atoms with Gasteiger partial charge in [0.15, 0.2) is 0 Å². The maximum absolute atomic E-state index is 2.33. The van der Waals surface area contributed by atoms with Crippen molar-refractivity contribution in [2.45, 2.75) is 65.5 Å². The molecule has 1 saturated carbocycles. The minimum absolute atomic E-state index is 0. The number of fused-ring (bicyclic) bond motifs is 1. The van der Waals surface area contributed by atoms with E-state index in [4.69, 9.17) is 0 Å². The fraction of sp³-hybridized carbons (Fsp3) is 0.500. The first-order valence-corrected chi connectivity index (χ1v) is 16.1. The number of aryl methyl sites for hydroxylation is 1. The van der Waals surface area contributed by atoms with E-state index < -0.39 is 0 Å². The summed E-state index contributed by atoms with van der Waals surface area (Å²) in [6, 6.07) is 11.1. The minimum atomic E-state index is 0. The summed E-state index contributed by atoms with van der Waals surface area (Å²) in [5, 5.41) is 2.78. The Kier molecular flexibility index (Phi) is 11.0. The maximum atomic E-state index is 2.33. The predicted molar refractivity (Wildman–Crippen MR) is 104 cm³/mol. The van der Waals surface area contributed by atoms with Crippen molar-refractivity contribution in [2.24, 2.45) is 0 Å². The zero-order chi connectivity index (χ0) is 16.8. The van der Waals surface area contributed by atoms with Crippen molar-refractivity contribution in [1.82, 2.24) is 0 Å². The molecule has 0 unspecified atom stereocenters. The maximum Gasteiger partial charge on any atom is 0 e. The van der Waals surface area contributed by atoms with Gasteiger partial charge in [-0.2, -0.15) is 18.9 Å². The predicted octanol–water partition coefficient (Wildman–Crippen LogP) is 5.94. The van der Waals surface area contributed by atoms with E-state index in [0.717, 1.165) is 0 Å². The standard InChI is InChI=1S/C14H17.C4H7.C2H6Si.Hf.Si/c1-10-8-11-6-5-7-13(12(11)9-10)14(2,3)4;1-2-4-3-1;1-3-2;;/h5-9H,1-4H3;1H,2-4H2;1-2H3;;/q2*-1;;+2;. The smallest absolute Gasteiger partial charge is 0 e. The number of benzene rings is 1. The molecule has 3 rings (SSSR count). The molecule has 0 amide bonds. The van der Waals surface area contributed by atoms with Crippen LogP contribution in [0, 0.1) is 13.3 Å². The molecule has 1 aliphatic carbocycles. The van der Waals surface area contributed by atoms with Crippen molar-refractivity contribution in [3.63, 3.8) is 0 Å². The first kappa shape index (κ1) is 23.1. The second-order valence-corrected chi connectivity index (χ2v) is 20.1. The normalized spacial score (nSPS) is 12.9. The van der Waals surface area contributed by atoms with Crippen molar-refractivity contribution in [2.75, 3.05) is 0 Å². The van der Waals surface area contributed by atoms with Gasteiger partial charge in [0.05, 0.1) is 0 Å². The first-order chi connectivity index (χ1) is 10.2. The minimum Gasteiger partial charge on any atom is -0.329 e. The van der Waals surface area contributed by atoms with Crippen LogP contribution in [0.15, 0.2) is 30.3 Å². The van der Waals surface area contributed by atoms with Gasteiger partial charge in [-0.25, -0.2) is 0 Å².